The average Bonchev–Trinajstić information content (AvgIpc) is 2.67. The van der Waals surface area contributed by atoms with Crippen LogP contribution < -0.4 is 20.5 Å². The standard InChI is InChI=1S/C24H30N2O2S2/c1-23(2)14-17(26-22(30)28-19-12-8-5-9-13-19)15-24(3,16-23)20(25)21(29)27-18-10-6-4-7-11-18/h4-13,17,20H,14-16,25H2,1-3H3,(H,26,30). The maximum absolute atomic E-state index is 6.65. The van der Waals surface area contributed by atoms with Gasteiger partial charge < -0.3 is 20.5 Å². The van der Waals surface area contributed by atoms with Crippen LogP contribution in [0, 0.1) is 10.8 Å². The third kappa shape index (κ3) is 6.00. The summed E-state index contributed by atoms with van der Waals surface area (Å²) in [6.07, 6.45) is 2.75. The van der Waals surface area contributed by atoms with E-state index in [1.807, 2.05) is 60.7 Å². The Balaban J connectivity index is 1.67. The predicted octanol–water partition coefficient (Wildman–Crippen LogP) is 5.26. The highest BCUT2D eigenvalue weighted by Gasteiger charge is 2.46. The van der Waals surface area contributed by atoms with Crippen LogP contribution in [0.4, 0.5) is 0 Å². The Morgan fingerprint density at radius 2 is 1.47 bits per heavy atom. The zero-order chi connectivity index (χ0) is 21.8. The lowest BCUT2D eigenvalue weighted by Gasteiger charge is -2.49. The van der Waals surface area contributed by atoms with Crippen molar-refractivity contribution >= 4 is 34.7 Å². The van der Waals surface area contributed by atoms with Crippen molar-refractivity contribution in [2.24, 2.45) is 16.6 Å². The van der Waals surface area contributed by atoms with Crippen LogP contribution in [0.2, 0.25) is 0 Å². The monoisotopic (exact) mass is 442 g/mol. The van der Waals surface area contributed by atoms with Gasteiger partial charge in [-0.3, -0.25) is 0 Å². The summed E-state index contributed by atoms with van der Waals surface area (Å²) in [6.45, 7) is 6.71. The topological polar surface area (TPSA) is 56.5 Å². The van der Waals surface area contributed by atoms with E-state index in [-0.39, 0.29) is 22.9 Å². The predicted molar refractivity (Wildman–Crippen MR) is 130 cm³/mol. The molecular formula is C24H30N2O2S2. The van der Waals surface area contributed by atoms with Gasteiger partial charge in [0.1, 0.15) is 11.5 Å². The highest BCUT2D eigenvalue weighted by atomic mass is 32.1. The molecule has 4 nitrogen and oxygen atoms in total. The maximum Gasteiger partial charge on any atom is 0.262 e. The lowest BCUT2D eigenvalue weighted by molar-refractivity contribution is 0.0679. The third-order valence-corrected chi connectivity index (χ3v) is 6.17. The van der Waals surface area contributed by atoms with Crippen molar-refractivity contribution in [3.63, 3.8) is 0 Å². The van der Waals surface area contributed by atoms with Gasteiger partial charge in [-0.2, -0.15) is 0 Å². The Labute approximate surface area is 190 Å². The number of hydrogen-bond donors (Lipinski definition) is 2. The molecule has 0 amide bonds. The van der Waals surface area contributed by atoms with Crippen LogP contribution >= 0.6 is 24.4 Å². The van der Waals surface area contributed by atoms with Crippen LogP contribution in [-0.2, 0) is 0 Å². The van der Waals surface area contributed by atoms with Gasteiger partial charge in [-0.15, -0.1) is 0 Å². The number of benzene rings is 2. The minimum Gasteiger partial charge on any atom is -0.449 e. The molecule has 1 saturated carbocycles. The second kappa shape index (κ2) is 9.41. The first-order valence-corrected chi connectivity index (χ1v) is 11.0. The smallest absolute Gasteiger partial charge is 0.262 e. The summed E-state index contributed by atoms with van der Waals surface area (Å²) in [4.78, 5) is 0. The zero-order valence-corrected chi connectivity index (χ0v) is 19.4. The van der Waals surface area contributed by atoms with Gasteiger partial charge in [0.2, 0.25) is 0 Å². The molecule has 0 spiro atoms. The van der Waals surface area contributed by atoms with E-state index < -0.39 is 0 Å². The molecule has 3 atom stereocenters. The minimum absolute atomic E-state index is 0.0764. The Hall–Kier alpha value is -2.02. The van der Waals surface area contributed by atoms with Crippen molar-refractivity contribution in [3.05, 3.63) is 60.7 Å². The van der Waals surface area contributed by atoms with Gasteiger partial charge in [0.15, 0.2) is 5.05 Å². The fourth-order valence-corrected chi connectivity index (χ4v) is 5.27. The molecule has 3 unspecified atom stereocenters. The van der Waals surface area contributed by atoms with Crippen LogP contribution in [-0.4, -0.2) is 22.3 Å². The van der Waals surface area contributed by atoms with Crippen LogP contribution in [0.25, 0.3) is 0 Å². The third-order valence-electron chi connectivity index (χ3n) is 5.64. The number of rotatable bonds is 5. The molecule has 1 fully saturated rings. The molecule has 0 aromatic heterocycles. The van der Waals surface area contributed by atoms with Gasteiger partial charge in [-0.05, 0) is 78.8 Å². The molecular weight excluding hydrogens is 412 g/mol. The van der Waals surface area contributed by atoms with Crippen molar-refractivity contribution in [2.75, 3.05) is 0 Å². The van der Waals surface area contributed by atoms with Crippen molar-refractivity contribution in [1.29, 1.82) is 0 Å². The number of ether oxygens (including phenoxy) is 2. The molecule has 2 aromatic rings. The summed E-state index contributed by atoms with van der Waals surface area (Å²) in [5, 5.41) is 4.19. The summed E-state index contributed by atoms with van der Waals surface area (Å²) in [5.74, 6) is 1.44. The van der Waals surface area contributed by atoms with E-state index in [1.54, 1.807) is 0 Å². The van der Waals surface area contributed by atoms with E-state index in [9.17, 15) is 0 Å². The first kappa shape index (κ1) is 22.7. The van der Waals surface area contributed by atoms with Crippen molar-refractivity contribution < 1.29 is 9.47 Å². The number of nitrogens with one attached hydrogen (secondary N) is 1. The van der Waals surface area contributed by atoms with Gasteiger partial charge in [-0.25, -0.2) is 0 Å². The van der Waals surface area contributed by atoms with Crippen molar-refractivity contribution in [2.45, 2.75) is 52.1 Å². The van der Waals surface area contributed by atoms with Crippen LogP contribution in [0.5, 0.6) is 11.5 Å². The number of nitrogens with two attached hydrogens (primary N) is 1. The van der Waals surface area contributed by atoms with Crippen LogP contribution in [0.3, 0.4) is 0 Å². The van der Waals surface area contributed by atoms with Crippen molar-refractivity contribution in [3.8, 4) is 11.5 Å². The van der Waals surface area contributed by atoms with E-state index in [0.717, 1.165) is 25.0 Å². The van der Waals surface area contributed by atoms with Gasteiger partial charge in [-0.1, -0.05) is 57.2 Å². The second-order valence-corrected chi connectivity index (χ2v) is 9.93. The fourth-order valence-electron chi connectivity index (χ4n) is 4.62. The molecule has 0 bridgehead atoms. The second-order valence-electron chi connectivity index (χ2n) is 9.16. The lowest BCUT2D eigenvalue weighted by atomic mass is 9.60. The van der Waals surface area contributed by atoms with Gasteiger partial charge in [0.25, 0.3) is 5.17 Å². The van der Waals surface area contributed by atoms with E-state index in [1.165, 1.54) is 0 Å². The lowest BCUT2D eigenvalue weighted by Crippen LogP contribution is -2.56. The number of thiocarbonyl (C=S) groups is 2. The number of para-hydroxylation sites is 2. The van der Waals surface area contributed by atoms with Crippen molar-refractivity contribution in [1.82, 2.24) is 5.32 Å². The molecule has 0 heterocycles. The molecule has 160 valence electrons. The molecule has 6 heteroatoms. The molecule has 1 aliphatic carbocycles. The largest absolute Gasteiger partial charge is 0.449 e. The Bertz CT molecular complexity index is 873. The highest BCUT2D eigenvalue weighted by molar-refractivity contribution is 7.80. The highest BCUT2D eigenvalue weighted by Crippen LogP contribution is 2.48. The van der Waals surface area contributed by atoms with E-state index >= 15 is 0 Å². The molecule has 2 aromatic carbocycles. The molecule has 3 rings (SSSR count). The molecule has 0 radical (unpaired) electrons. The molecule has 30 heavy (non-hydrogen) atoms. The van der Waals surface area contributed by atoms with E-state index in [2.05, 4.69) is 26.1 Å². The molecule has 0 saturated heterocycles. The van der Waals surface area contributed by atoms with Crippen LogP contribution in [0.15, 0.2) is 60.7 Å². The van der Waals surface area contributed by atoms with Gasteiger partial charge in [0.05, 0.1) is 6.04 Å². The van der Waals surface area contributed by atoms with Gasteiger partial charge >= 0.3 is 0 Å². The summed E-state index contributed by atoms with van der Waals surface area (Å²) >= 11 is 11.0. The Kier molecular flexibility index (Phi) is 7.11. The maximum atomic E-state index is 6.65. The average molecular weight is 443 g/mol. The first-order chi connectivity index (χ1) is 14.2. The first-order valence-electron chi connectivity index (χ1n) is 10.2. The minimum atomic E-state index is -0.375. The van der Waals surface area contributed by atoms with Crippen LogP contribution in [0.1, 0.15) is 40.0 Å². The fraction of sp³-hybridized carbons (Fsp3) is 0.417. The molecule has 3 N–H and O–H groups in total. The quantitative estimate of drug-likeness (QED) is 0.616. The Morgan fingerprint density at radius 1 is 0.933 bits per heavy atom. The molecule has 0 aliphatic heterocycles. The van der Waals surface area contributed by atoms with E-state index in [4.69, 9.17) is 39.6 Å². The normalized spacial score (nSPS) is 23.8. The summed E-state index contributed by atoms with van der Waals surface area (Å²) in [5.41, 5.74) is 6.50. The SMILES string of the molecule is CC1(C)CC(NC(=S)Oc2ccccc2)CC(C)(C(N)C(=S)Oc2ccccc2)C1. The summed E-state index contributed by atoms with van der Waals surface area (Å²) < 4.78 is 11.7. The molecule has 1 aliphatic rings. The van der Waals surface area contributed by atoms with Gasteiger partial charge in [0, 0.05) is 6.04 Å². The Morgan fingerprint density at radius 3 is 2.03 bits per heavy atom. The van der Waals surface area contributed by atoms with E-state index in [0.29, 0.717) is 16.0 Å². The number of hydrogen-bond acceptors (Lipinski definition) is 5. The summed E-state index contributed by atoms with van der Waals surface area (Å²) in [6, 6.07) is 18.9. The summed E-state index contributed by atoms with van der Waals surface area (Å²) in [7, 11) is 0. The zero-order valence-electron chi connectivity index (χ0n) is 17.8.